The van der Waals surface area contributed by atoms with Crippen LogP contribution in [0, 0.1) is 0 Å². The van der Waals surface area contributed by atoms with E-state index in [0.717, 1.165) is 6.42 Å². The number of ether oxygens (including phenoxy) is 1. The minimum atomic E-state index is -2.86. The van der Waals surface area contributed by atoms with E-state index in [9.17, 15) is 4.79 Å². The summed E-state index contributed by atoms with van der Waals surface area (Å²) in [6.07, 6.45) is 6.66. The molecule has 0 saturated heterocycles. The molecule has 6 nitrogen and oxygen atoms in total. The quantitative estimate of drug-likeness (QED) is 0.197. The van der Waals surface area contributed by atoms with Crippen molar-refractivity contribution in [3.8, 4) is 0 Å². The molecule has 0 radical (unpaired) electrons. The van der Waals surface area contributed by atoms with E-state index in [0.29, 0.717) is 25.6 Å². The third kappa shape index (κ3) is 16.9. The number of hydrogen-bond donors (Lipinski definition) is 1. The van der Waals surface area contributed by atoms with Crippen molar-refractivity contribution in [1.29, 1.82) is 0 Å². The highest BCUT2D eigenvalue weighted by atomic mass is 28.5. The Morgan fingerprint density at radius 1 is 0.862 bits per heavy atom. The van der Waals surface area contributed by atoms with Crippen molar-refractivity contribution >= 4 is 39.8 Å². The van der Waals surface area contributed by atoms with E-state index in [4.69, 9.17) is 17.1 Å². The molecule has 0 heterocycles. The summed E-state index contributed by atoms with van der Waals surface area (Å²) in [5.74, 6) is 0. The molecule has 0 unspecified atom stereocenters. The average Bonchev–Trinajstić information content (AvgIpc) is 2.46. The van der Waals surface area contributed by atoms with Gasteiger partial charge in [0.05, 0.1) is 6.61 Å². The first-order valence-electron chi connectivity index (χ1n) is 10.3. The van der Waals surface area contributed by atoms with E-state index in [1.807, 2.05) is 12.2 Å². The molecule has 0 rings (SSSR count). The number of carbonyl (C=O) groups excluding carboxylic acids is 1. The molecular formula is C19H43NO5Si4. The third-order valence-corrected chi connectivity index (χ3v) is 15.1. The Morgan fingerprint density at radius 2 is 1.34 bits per heavy atom. The summed E-state index contributed by atoms with van der Waals surface area (Å²) in [7, 11) is -8.51. The van der Waals surface area contributed by atoms with Gasteiger partial charge in [-0.2, -0.15) is 0 Å². The fourth-order valence-electron chi connectivity index (χ4n) is 2.54. The molecule has 10 heteroatoms. The molecule has 1 amide bonds. The number of alkyl carbamates (subject to hydrolysis) is 1. The molecule has 0 aromatic rings. The fourth-order valence-corrected chi connectivity index (χ4v) is 17.2. The van der Waals surface area contributed by atoms with Gasteiger partial charge in [0, 0.05) is 12.6 Å². The van der Waals surface area contributed by atoms with Crippen LogP contribution in [0.1, 0.15) is 12.8 Å². The second kappa shape index (κ2) is 12.4. The maximum atomic E-state index is 11.8. The maximum absolute atomic E-state index is 11.8. The third-order valence-electron chi connectivity index (χ3n) is 3.08. The van der Waals surface area contributed by atoms with Crippen molar-refractivity contribution in [1.82, 2.24) is 5.32 Å². The molecule has 0 atom stereocenters. The molecule has 0 fully saturated rings. The molecule has 0 aliphatic carbocycles. The standard InChI is InChI=1S/C19H43NO5Si4/c1-11-12-13-14-16-20-19(21)22-17-15-18-29(23-26(2,3)4,24-27(5,6)7)25-28(8,9)10/h11,13-14H,1,12,15-18H2,2-10H3,(H,20,21). The zero-order chi connectivity index (χ0) is 22.8. The van der Waals surface area contributed by atoms with Gasteiger partial charge in [-0.3, -0.25) is 0 Å². The van der Waals surface area contributed by atoms with Gasteiger partial charge < -0.3 is 22.4 Å². The number of rotatable bonds is 14. The van der Waals surface area contributed by atoms with Gasteiger partial charge in [0.2, 0.25) is 0 Å². The van der Waals surface area contributed by atoms with Crippen LogP contribution in [0.3, 0.4) is 0 Å². The summed E-state index contributed by atoms with van der Waals surface area (Å²) in [6, 6.07) is 0.665. The van der Waals surface area contributed by atoms with E-state index >= 15 is 0 Å². The second-order valence-electron chi connectivity index (χ2n) is 9.94. The number of carbonyl (C=O) groups is 1. The molecule has 0 bridgehead atoms. The van der Waals surface area contributed by atoms with E-state index in [1.54, 1.807) is 6.08 Å². The lowest BCUT2D eigenvalue weighted by atomic mass is 10.4. The first-order chi connectivity index (χ1) is 13.1. The zero-order valence-corrected chi connectivity index (χ0v) is 24.0. The van der Waals surface area contributed by atoms with Gasteiger partial charge in [-0.15, -0.1) is 6.58 Å². The monoisotopic (exact) mass is 477 g/mol. The first-order valence-corrected chi connectivity index (χ1v) is 22.5. The highest BCUT2D eigenvalue weighted by Gasteiger charge is 2.49. The number of allylic oxidation sites excluding steroid dienone is 2. The summed E-state index contributed by atoms with van der Waals surface area (Å²) < 4.78 is 25.2. The summed E-state index contributed by atoms with van der Waals surface area (Å²) in [5, 5.41) is 2.71. The van der Waals surface area contributed by atoms with Crippen molar-refractivity contribution in [2.75, 3.05) is 13.2 Å². The van der Waals surface area contributed by atoms with Gasteiger partial charge >= 0.3 is 14.9 Å². The van der Waals surface area contributed by atoms with Crippen molar-refractivity contribution in [3.05, 3.63) is 24.8 Å². The van der Waals surface area contributed by atoms with Crippen LogP contribution in [0.2, 0.25) is 65.0 Å². The molecule has 1 N–H and O–H groups in total. The Balaban J connectivity index is 4.94. The predicted octanol–water partition coefficient (Wildman–Crippen LogP) is 5.73. The smallest absolute Gasteiger partial charge is 0.450 e. The highest BCUT2D eigenvalue weighted by molar-refractivity contribution is 6.90. The summed E-state index contributed by atoms with van der Waals surface area (Å²) in [4.78, 5) is 11.8. The van der Waals surface area contributed by atoms with Crippen molar-refractivity contribution in [3.63, 3.8) is 0 Å². The van der Waals surface area contributed by atoms with Gasteiger partial charge in [0.15, 0.2) is 25.0 Å². The Labute approximate surface area is 182 Å². The topological polar surface area (TPSA) is 66.0 Å². The second-order valence-corrected chi connectivity index (χ2v) is 26.9. The average molecular weight is 478 g/mol. The van der Waals surface area contributed by atoms with Crippen molar-refractivity contribution < 1.29 is 21.9 Å². The summed E-state index contributed by atoms with van der Waals surface area (Å²) in [6.45, 7) is 23.9. The zero-order valence-electron chi connectivity index (χ0n) is 20.0. The summed E-state index contributed by atoms with van der Waals surface area (Å²) in [5.41, 5.74) is 0. The molecular weight excluding hydrogens is 435 g/mol. The molecule has 0 aliphatic rings. The molecule has 0 aromatic carbocycles. The molecule has 170 valence electrons. The Kier molecular flexibility index (Phi) is 12.2. The van der Waals surface area contributed by atoms with Crippen LogP contribution in [-0.2, 0) is 17.1 Å². The Bertz CT molecular complexity index is 495. The van der Waals surface area contributed by atoms with Crippen molar-refractivity contribution in [2.24, 2.45) is 0 Å². The van der Waals surface area contributed by atoms with Crippen molar-refractivity contribution in [2.45, 2.75) is 77.8 Å². The van der Waals surface area contributed by atoms with Crippen LogP contribution >= 0.6 is 0 Å². The van der Waals surface area contributed by atoms with Gasteiger partial charge in [-0.05, 0) is 71.8 Å². The van der Waals surface area contributed by atoms with E-state index < -0.39 is 39.8 Å². The predicted molar refractivity (Wildman–Crippen MR) is 132 cm³/mol. The van der Waals surface area contributed by atoms with Gasteiger partial charge in [-0.1, -0.05) is 18.2 Å². The number of nitrogens with one attached hydrogen (secondary N) is 1. The lowest BCUT2D eigenvalue weighted by Crippen LogP contribution is -2.60. The van der Waals surface area contributed by atoms with Crippen LogP contribution in [0.25, 0.3) is 0 Å². The van der Waals surface area contributed by atoms with Crippen LogP contribution in [0.15, 0.2) is 24.8 Å². The van der Waals surface area contributed by atoms with E-state index in [-0.39, 0.29) is 0 Å². The molecule has 0 saturated carbocycles. The first kappa shape index (κ1) is 28.5. The SMILES string of the molecule is C=CCC=CCNC(=O)OCCC[Si](O[Si](C)(C)C)(O[Si](C)(C)C)O[Si](C)(C)C. The maximum Gasteiger partial charge on any atom is 0.469 e. The fraction of sp³-hybridized carbons (Fsp3) is 0.737. The Hall–Kier alpha value is -0.502. The lowest BCUT2D eigenvalue weighted by molar-refractivity contribution is 0.145. The molecule has 29 heavy (non-hydrogen) atoms. The summed E-state index contributed by atoms with van der Waals surface area (Å²) >= 11 is 0. The van der Waals surface area contributed by atoms with Crippen LogP contribution in [0.4, 0.5) is 4.79 Å². The highest BCUT2D eigenvalue weighted by Crippen LogP contribution is 2.29. The van der Waals surface area contributed by atoms with Gasteiger partial charge in [0.25, 0.3) is 0 Å². The largest absolute Gasteiger partial charge is 0.469 e. The molecule has 0 spiro atoms. The van der Waals surface area contributed by atoms with E-state index in [2.05, 4.69) is 70.8 Å². The van der Waals surface area contributed by atoms with Crippen LogP contribution in [0.5, 0.6) is 0 Å². The number of amides is 1. The normalized spacial score (nSPS) is 13.6. The van der Waals surface area contributed by atoms with Crippen LogP contribution < -0.4 is 5.32 Å². The van der Waals surface area contributed by atoms with Gasteiger partial charge in [-0.25, -0.2) is 4.79 Å². The molecule has 0 aliphatic heterocycles. The van der Waals surface area contributed by atoms with Crippen LogP contribution in [-0.4, -0.2) is 53.0 Å². The minimum absolute atomic E-state index is 0.316. The molecule has 0 aromatic heterocycles. The Morgan fingerprint density at radius 3 is 1.76 bits per heavy atom. The minimum Gasteiger partial charge on any atom is -0.450 e. The van der Waals surface area contributed by atoms with Gasteiger partial charge in [0.1, 0.15) is 0 Å². The van der Waals surface area contributed by atoms with E-state index in [1.165, 1.54) is 0 Å². The lowest BCUT2D eigenvalue weighted by Gasteiger charge is -2.42. The number of hydrogen-bond acceptors (Lipinski definition) is 5.